The smallest absolute Gasteiger partial charge is 0.373 e. The minimum atomic E-state index is -2.97. The third-order valence-electron chi connectivity index (χ3n) is 2.66. The van der Waals surface area contributed by atoms with Crippen LogP contribution in [0, 0.1) is 0 Å². The lowest BCUT2D eigenvalue weighted by Gasteiger charge is -2.30. The van der Waals surface area contributed by atoms with E-state index in [2.05, 4.69) is 6.92 Å². The van der Waals surface area contributed by atoms with E-state index in [1.807, 2.05) is 20.8 Å². The van der Waals surface area contributed by atoms with Crippen LogP contribution in [0.1, 0.15) is 40.5 Å². The summed E-state index contributed by atoms with van der Waals surface area (Å²) in [5.74, 6) is 0. The molecule has 1 aliphatic heterocycles. The molecule has 0 amide bonds. The summed E-state index contributed by atoms with van der Waals surface area (Å²) in [6.07, 6.45) is 2.21. The minimum absolute atomic E-state index is 0.0776. The molecule has 1 heterocycles. The number of rotatable bonds is 11. The van der Waals surface area contributed by atoms with Gasteiger partial charge in [-0.1, -0.05) is 6.92 Å². The Hall–Kier alpha value is 0.0169. The second-order valence-corrected chi connectivity index (χ2v) is 6.24. The Morgan fingerprint density at radius 2 is 1.56 bits per heavy atom. The van der Waals surface area contributed by atoms with Crippen molar-refractivity contribution in [2.45, 2.75) is 52.7 Å². The zero-order valence-corrected chi connectivity index (χ0v) is 12.9. The summed E-state index contributed by atoms with van der Waals surface area (Å²) in [4.78, 5) is 0. The Kier molecular flexibility index (Phi) is 7.36. The molecular weight excluding hydrogens is 252 g/mol. The molecule has 0 aromatic rings. The highest BCUT2D eigenvalue weighted by molar-refractivity contribution is 6.53. The van der Waals surface area contributed by atoms with Gasteiger partial charge in [0.25, 0.3) is 0 Å². The zero-order chi connectivity index (χ0) is 13.4. The monoisotopic (exact) mass is 278 g/mol. The lowest BCUT2D eigenvalue weighted by molar-refractivity contribution is -0.0535. The van der Waals surface area contributed by atoms with Crippen LogP contribution >= 0.6 is 0 Å². The van der Waals surface area contributed by atoms with Crippen LogP contribution in [0.2, 0.25) is 0 Å². The van der Waals surface area contributed by atoms with Gasteiger partial charge in [-0.05, 0) is 27.2 Å². The maximum Gasteiger partial charge on any atom is 0.679 e. The van der Waals surface area contributed by atoms with Crippen LogP contribution in [0.5, 0.6) is 0 Å². The molecule has 5 nitrogen and oxygen atoms in total. The molecule has 0 spiro atoms. The van der Waals surface area contributed by atoms with Crippen LogP contribution in [-0.4, -0.2) is 47.7 Å². The van der Waals surface area contributed by atoms with Crippen LogP contribution in [0.4, 0.5) is 0 Å². The average Bonchev–Trinajstić information content (AvgIpc) is 3.13. The molecule has 0 aromatic carbocycles. The first-order valence-corrected chi connectivity index (χ1v) is 8.54. The fraction of sp³-hybridized carbons (Fsp3) is 1.00. The molecule has 0 saturated carbocycles. The third-order valence-corrected chi connectivity index (χ3v) is 5.21. The van der Waals surface area contributed by atoms with Crippen molar-refractivity contribution in [2.24, 2.45) is 0 Å². The van der Waals surface area contributed by atoms with Gasteiger partial charge in [-0.15, -0.1) is 0 Å². The molecule has 1 rings (SSSR count). The van der Waals surface area contributed by atoms with Crippen molar-refractivity contribution >= 4 is 9.05 Å². The Bertz CT molecular complexity index is 205. The normalized spacial score (nSPS) is 21.0. The summed E-state index contributed by atoms with van der Waals surface area (Å²) in [5.41, 5.74) is 0. The summed E-state index contributed by atoms with van der Waals surface area (Å²) in [5, 5.41) is 0. The molecule has 0 aromatic heterocycles. The van der Waals surface area contributed by atoms with Gasteiger partial charge in [0, 0.05) is 26.2 Å². The fourth-order valence-corrected chi connectivity index (χ4v) is 3.94. The summed E-state index contributed by atoms with van der Waals surface area (Å²) < 4.78 is 28.3. The number of hydrogen-bond donors (Lipinski definition) is 0. The number of epoxide rings is 1. The minimum Gasteiger partial charge on any atom is -0.373 e. The van der Waals surface area contributed by atoms with Crippen molar-refractivity contribution in [1.29, 1.82) is 0 Å². The first kappa shape index (κ1) is 16.1. The van der Waals surface area contributed by atoms with E-state index in [1.54, 1.807) is 0 Å². The van der Waals surface area contributed by atoms with Gasteiger partial charge in [-0.25, -0.2) is 0 Å². The van der Waals surface area contributed by atoms with Gasteiger partial charge in [0.05, 0.1) is 18.8 Å². The highest BCUT2D eigenvalue weighted by atomic mass is 28.4. The highest BCUT2D eigenvalue weighted by Crippen LogP contribution is 2.23. The van der Waals surface area contributed by atoms with E-state index in [1.165, 1.54) is 0 Å². The first-order chi connectivity index (χ1) is 8.69. The fourth-order valence-electron chi connectivity index (χ4n) is 1.76. The van der Waals surface area contributed by atoms with E-state index >= 15 is 0 Å². The van der Waals surface area contributed by atoms with Crippen molar-refractivity contribution in [3.63, 3.8) is 0 Å². The predicted molar refractivity (Wildman–Crippen MR) is 70.2 cm³/mol. The van der Waals surface area contributed by atoms with Gasteiger partial charge >= 0.3 is 9.05 Å². The van der Waals surface area contributed by atoms with Crippen LogP contribution in [-0.2, 0) is 22.4 Å². The average molecular weight is 278 g/mol. The van der Waals surface area contributed by atoms with E-state index in [9.17, 15) is 0 Å². The quantitative estimate of drug-likeness (QED) is 0.428. The Morgan fingerprint density at radius 3 is 1.89 bits per heavy atom. The molecule has 0 bridgehead atoms. The second-order valence-electron chi connectivity index (χ2n) is 4.14. The Balaban J connectivity index is 2.58. The molecule has 6 heteroatoms. The van der Waals surface area contributed by atoms with Crippen molar-refractivity contribution in [2.75, 3.05) is 26.4 Å². The van der Waals surface area contributed by atoms with Gasteiger partial charge in [-0.2, -0.15) is 0 Å². The molecule has 18 heavy (non-hydrogen) atoms. The molecule has 2 atom stereocenters. The molecular formula is C12H26O5Si. The maximum atomic E-state index is 6.05. The van der Waals surface area contributed by atoms with Gasteiger partial charge < -0.3 is 22.4 Å². The summed E-state index contributed by atoms with van der Waals surface area (Å²) in [6.45, 7) is 10.3. The molecule has 1 fully saturated rings. The topological polar surface area (TPSA) is 49.5 Å². The van der Waals surface area contributed by atoms with E-state index in [-0.39, 0.29) is 6.10 Å². The van der Waals surface area contributed by atoms with Crippen LogP contribution < -0.4 is 0 Å². The van der Waals surface area contributed by atoms with Gasteiger partial charge in [-0.3, -0.25) is 0 Å². The summed E-state index contributed by atoms with van der Waals surface area (Å²) >= 11 is 0. The second kappa shape index (κ2) is 8.24. The molecule has 2 unspecified atom stereocenters. The first-order valence-electron chi connectivity index (χ1n) is 6.90. The molecule has 0 N–H and O–H groups in total. The van der Waals surface area contributed by atoms with E-state index in [0.717, 1.165) is 19.4 Å². The van der Waals surface area contributed by atoms with Crippen molar-refractivity contribution in [3.05, 3.63) is 0 Å². The SMILES string of the molecule is CCO[Si](OCC)(OCC)OC(CC)CC1CO1. The Morgan fingerprint density at radius 1 is 1.06 bits per heavy atom. The summed E-state index contributed by atoms with van der Waals surface area (Å²) in [7, 11) is -2.97. The van der Waals surface area contributed by atoms with Crippen LogP contribution in [0.15, 0.2) is 0 Å². The van der Waals surface area contributed by atoms with Gasteiger partial charge in [0.15, 0.2) is 0 Å². The largest absolute Gasteiger partial charge is 0.679 e. The predicted octanol–water partition coefficient (Wildman–Crippen LogP) is 2.12. The number of hydrogen-bond acceptors (Lipinski definition) is 5. The molecule has 1 saturated heterocycles. The standard InChI is InChI=1S/C12H26O5Si/c1-5-11(9-12-10-13-12)17-18(14-6-2,15-7-3)16-8-4/h11-12H,5-10H2,1-4H3. The molecule has 1 aliphatic rings. The lowest BCUT2D eigenvalue weighted by Crippen LogP contribution is -2.51. The van der Waals surface area contributed by atoms with Gasteiger partial charge in [0.1, 0.15) is 0 Å². The number of ether oxygens (including phenoxy) is 1. The molecule has 0 aliphatic carbocycles. The van der Waals surface area contributed by atoms with E-state index < -0.39 is 9.05 Å². The van der Waals surface area contributed by atoms with Crippen molar-refractivity contribution in [1.82, 2.24) is 0 Å². The van der Waals surface area contributed by atoms with E-state index in [0.29, 0.717) is 25.9 Å². The third kappa shape index (κ3) is 5.34. The van der Waals surface area contributed by atoms with Gasteiger partial charge in [0.2, 0.25) is 0 Å². The molecule has 108 valence electrons. The van der Waals surface area contributed by atoms with Crippen LogP contribution in [0.25, 0.3) is 0 Å². The van der Waals surface area contributed by atoms with Crippen LogP contribution in [0.3, 0.4) is 0 Å². The van der Waals surface area contributed by atoms with Crippen molar-refractivity contribution in [3.8, 4) is 0 Å². The Labute approximate surface area is 111 Å². The zero-order valence-electron chi connectivity index (χ0n) is 11.9. The highest BCUT2D eigenvalue weighted by Gasteiger charge is 2.47. The maximum absolute atomic E-state index is 6.05. The summed E-state index contributed by atoms with van der Waals surface area (Å²) in [6, 6.07) is 0. The molecule has 0 radical (unpaired) electrons. The van der Waals surface area contributed by atoms with E-state index in [4.69, 9.17) is 22.4 Å². The van der Waals surface area contributed by atoms with Crippen molar-refractivity contribution < 1.29 is 22.4 Å². The lowest BCUT2D eigenvalue weighted by atomic mass is 10.2.